The Bertz CT molecular complexity index is 1280. The van der Waals surface area contributed by atoms with Gasteiger partial charge in [-0.1, -0.05) is 26.0 Å². The molecule has 5 atom stereocenters. The number of carbonyl (C=O) groups excluding carboxylic acids is 2. The number of esters is 1. The number of carbonyl (C=O) groups is 2. The van der Waals surface area contributed by atoms with E-state index in [0.717, 1.165) is 17.1 Å². The monoisotopic (exact) mass is 592 g/mol. The van der Waals surface area contributed by atoms with E-state index < -0.39 is 46.2 Å². The Kier molecular flexibility index (Phi) is 8.66. The lowest BCUT2D eigenvalue weighted by Crippen LogP contribution is -2.65. The molecular formula is C29H45BN2O8S. The Balaban J connectivity index is 1.61. The first-order valence-corrected chi connectivity index (χ1v) is 15.9. The number of benzene rings is 1. The molecule has 1 aliphatic heterocycles. The Morgan fingerprint density at radius 1 is 1.20 bits per heavy atom. The molecule has 3 aliphatic carbocycles. The van der Waals surface area contributed by atoms with Gasteiger partial charge in [0.2, 0.25) is 15.9 Å². The molecule has 12 heteroatoms. The van der Waals surface area contributed by atoms with Gasteiger partial charge in [0.1, 0.15) is 16.9 Å². The van der Waals surface area contributed by atoms with E-state index in [1.54, 1.807) is 32.9 Å². The predicted octanol–water partition coefficient (Wildman–Crippen LogP) is 3.23. The first-order valence-electron chi connectivity index (χ1n) is 14.3. The van der Waals surface area contributed by atoms with Crippen LogP contribution in [0.25, 0.3) is 0 Å². The third-order valence-electron chi connectivity index (χ3n) is 9.15. The summed E-state index contributed by atoms with van der Waals surface area (Å²) in [7, 11) is 0.0547. The number of ether oxygens (including phenoxy) is 2. The summed E-state index contributed by atoms with van der Waals surface area (Å²) in [6.45, 7) is 12.0. The lowest BCUT2D eigenvalue weighted by molar-refractivity contribution is -0.199. The van der Waals surface area contributed by atoms with Gasteiger partial charge in [-0.2, -0.15) is 0 Å². The fourth-order valence-corrected chi connectivity index (χ4v) is 7.50. The van der Waals surface area contributed by atoms with E-state index >= 15 is 0 Å². The van der Waals surface area contributed by atoms with Crippen molar-refractivity contribution in [2.24, 2.45) is 17.3 Å². The highest BCUT2D eigenvalue weighted by atomic mass is 32.2. The van der Waals surface area contributed by atoms with Crippen molar-refractivity contribution in [1.82, 2.24) is 9.62 Å². The molecule has 10 nitrogen and oxygen atoms in total. The molecular weight excluding hydrogens is 547 g/mol. The quantitative estimate of drug-likeness (QED) is 0.325. The number of amides is 1. The molecule has 5 unspecified atom stereocenters. The molecule has 0 radical (unpaired) electrons. The Morgan fingerprint density at radius 2 is 1.88 bits per heavy atom. The van der Waals surface area contributed by atoms with Crippen LogP contribution >= 0.6 is 0 Å². The highest BCUT2D eigenvalue weighted by molar-refractivity contribution is 7.89. The zero-order valence-electron chi connectivity index (χ0n) is 25.8. The van der Waals surface area contributed by atoms with Gasteiger partial charge in [0.15, 0.2) is 0 Å². The molecule has 1 aromatic rings. The van der Waals surface area contributed by atoms with Crippen LogP contribution in [0.3, 0.4) is 0 Å². The first-order chi connectivity index (χ1) is 18.9. The summed E-state index contributed by atoms with van der Waals surface area (Å²) >= 11 is 0. The summed E-state index contributed by atoms with van der Waals surface area (Å²) in [5.41, 5.74) is -0.0960. The summed E-state index contributed by atoms with van der Waals surface area (Å²) < 4.78 is 50.2. The van der Waals surface area contributed by atoms with Crippen molar-refractivity contribution < 1.29 is 36.8 Å². The van der Waals surface area contributed by atoms with E-state index in [1.165, 1.54) is 21.2 Å². The van der Waals surface area contributed by atoms with E-state index in [-0.39, 0.29) is 35.7 Å². The largest absolute Gasteiger partial charge is 0.496 e. The van der Waals surface area contributed by atoms with Crippen LogP contribution in [0.15, 0.2) is 18.2 Å². The maximum Gasteiger partial charge on any atom is 0.482 e. The number of nitrogens with one attached hydrogen (secondary N) is 1. The SMILES string of the molecule is COc1c(CC(NC(=O)CCS(=O)(=O)N(C)C)B2OC3CC4CC(C4(C)C)C3(C)O2)cccc1C(=O)OC(C)(C)C. The number of sulfonamides is 1. The number of methoxy groups -OCH3 is 1. The summed E-state index contributed by atoms with van der Waals surface area (Å²) in [4.78, 5) is 26.1. The Hall–Kier alpha value is -2.15. The molecule has 228 valence electrons. The van der Waals surface area contributed by atoms with Crippen molar-refractivity contribution >= 4 is 29.0 Å². The van der Waals surface area contributed by atoms with Gasteiger partial charge in [-0.3, -0.25) is 4.79 Å². The van der Waals surface area contributed by atoms with Gasteiger partial charge in [0.25, 0.3) is 0 Å². The third-order valence-corrected chi connectivity index (χ3v) is 11.0. The van der Waals surface area contributed by atoms with Gasteiger partial charge in [-0.05, 0) is 75.8 Å². The zero-order chi connectivity index (χ0) is 30.5. The molecule has 5 rings (SSSR count). The zero-order valence-corrected chi connectivity index (χ0v) is 26.6. The van der Waals surface area contributed by atoms with Crippen LogP contribution in [0.1, 0.15) is 76.7 Å². The number of hydrogen-bond acceptors (Lipinski definition) is 8. The lowest BCUT2D eigenvalue weighted by atomic mass is 9.43. The topological polar surface area (TPSA) is 120 Å². The number of nitrogens with zero attached hydrogens (tertiary/aromatic N) is 1. The van der Waals surface area contributed by atoms with Gasteiger partial charge in [-0.15, -0.1) is 0 Å². The minimum Gasteiger partial charge on any atom is -0.496 e. The normalized spacial score (nSPS) is 27.6. The van der Waals surface area contributed by atoms with Gasteiger partial charge < -0.3 is 24.1 Å². The van der Waals surface area contributed by atoms with Crippen LogP contribution in [0.5, 0.6) is 5.75 Å². The average Bonchev–Trinajstić information content (AvgIpc) is 3.23. The number of hydrogen-bond donors (Lipinski definition) is 1. The lowest BCUT2D eigenvalue weighted by Gasteiger charge is -2.64. The Labute approximate surface area is 245 Å². The molecule has 2 bridgehead atoms. The molecule has 1 aromatic carbocycles. The first kappa shape index (κ1) is 31.8. The maximum atomic E-state index is 13.1. The molecule has 4 fully saturated rings. The van der Waals surface area contributed by atoms with E-state index in [1.807, 2.05) is 6.07 Å². The standard InChI is InChI=1S/C29H45BN2O8S/c1-27(2,3)38-26(34)20-12-10-11-18(25(20)37-9)15-23(31-24(33)13-14-41(35,36)32(7)8)30-39-22-17-19-16-21(28(19,4)5)29(22,6)40-30/h10-12,19,21-23H,13-17H2,1-9H3,(H,31,33). The second-order valence-electron chi connectivity index (χ2n) is 13.6. The van der Waals surface area contributed by atoms with Crippen molar-refractivity contribution in [1.29, 1.82) is 0 Å². The smallest absolute Gasteiger partial charge is 0.482 e. The highest BCUT2D eigenvalue weighted by Gasteiger charge is 2.68. The summed E-state index contributed by atoms with van der Waals surface area (Å²) in [5, 5.41) is 2.99. The van der Waals surface area contributed by atoms with E-state index in [9.17, 15) is 18.0 Å². The molecule has 41 heavy (non-hydrogen) atoms. The number of para-hydroxylation sites is 1. The summed E-state index contributed by atoms with van der Waals surface area (Å²) in [6, 6.07) is 5.21. The van der Waals surface area contributed by atoms with Crippen LogP contribution in [0, 0.1) is 17.3 Å². The van der Waals surface area contributed by atoms with Crippen LogP contribution in [0.4, 0.5) is 0 Å². The Morgan fingerprint density at radius 3 is 2.46 bits per heavy atom. The van der Waals surface area contributed by atoms with Gasteiger partial charge >= 0.3 is 13.1 Å². The van der Waals surface area contributed by atoms with Crippen LogP contribution < -0.4 is 10.1 Å². The third kappa shape index (κ3) is 6.31. The van der Waals surface area contributed by atoms with Crippen molar-refractivity contribution in [2.75, 3.05) is 27.0 Å². The molecule has 3 saturated carbocycles. The van der Waals surface area contributed by atoms with E-state index in [0.29, 0.717) is 23.1 Å². The molecule has 1 saturated heterocycles. The van der Waals surface area contributed by atoms with E-state index in [4.69, 9.17) is 18.8 Å². The van der Waals surface area contributed by atoms with Crippen LogP contribution in [-0.2, 0) is 35.3 Å². The summed E-state index contributed by atoms with van der Waals surface area (Å²) in [5.74, 6) is -0.686. The fourth-order valence-electron chi connectivity index (χ4n) is 6.69. The minimum absolute atomic E-state index is 0.104. The van der Waals surface area contributed by atoms with Crippen molar-refractivity contribution in [3.05, 3.63) is 29.3 Å². The molecule has 1 heterocycles. The molecule has 0 spiro atoms. The van der Waals surface area contributed by atoms with Crippen molar-refractivity contribution in [3.8, 4) is 5.75 Å². The second kappa shape index (κ2) is 11.2. The van der Waals surface area contributed by atoms with Gasteiger partial charge in [0.05, 0.1) is 30.5 Å². The molecule has 1 amide bonds. The predicted molar refractivity (Wildman–Crippen MR) is 156 cm³/mol. The van der Waals surface area contributed by atoms with Crippen LogP contribution in [-0.4, -0.2) is 81.9 Å². The summed E-state index contributed by atoms with van der Waals surface area (Å²) in [6.07, 6.45) is 1.89. The molecule has 4 aliphatic rings. The minimum atomic E-state index is -3.55. The second-order valence-corrected chi connectivity index (χ2v) is 15.9. The molecule has 0 aromatic heterocycles. The highest BCUT2D eigenvalue weighted by Crippen LogP contribution is 2.65. The fraction of sp³-hybridized carbons (Fsp3) is 0.724. The molecule has 1 N–H and O–H groups in total. The average molecular weight is 593 g/mol. The van der Waals surface area contributed by atoms with Crippen LogP contribution in [0.2, 0.25) is 0 Å². The van der Waals surface area contributed by atoms with Crippen molar-refractivity contribution in [3.63, 3.8) is 0 Å². The van der Waals surface area contributed by atoms with Gasteiger partial charge in [0, 0.05) is 20.5 Å². The maximum absolute atomic E-state index is 13.1. The van der Waals surface area contributed by atoms with E-state index in [2.05, 4.69) is 26.1 Å². The number of rotatable bonds is 10. The van der Waals surface area contributed by atoms with Gasteiger partial charge in [-0.25, -0.2) is 17.5 Å². The van der Waals surface area contributed by atoms with Crippen molar-refractivity contribution in [2.45, 2.75) is 90.5 Å².